The summed E-state index contributed by atoms with van der Waals surface area (Å²) in [5.41, 5.74) is 0.352. The lowest BCUT2D eigenvalue weighted by Gasteiger charge is -2.58. The summed E-state index contributed by atoms with van der Waals surface area (Å²) in [5, 5.41) is 0.145. The largest absolute Gasteiger partial charge is 0.458 e. The van der Waals surface area contributed by atoms with Gasteiger partial charge in [-0.05, 0) is 221 Å². The number of halogens is 6. The van der Waals surface area contributed by atoms with Crippen molar-refractivity contribution in [1.29, 1.82) is 0 Å². The third-order valence-electron chi connectivity index (χ3n) is 27.4. The van der Waals surface area contributed by atoms with Gasteiger partial charge in [0.15, 0.2) is 0 Å². The number of carbonyl (C=O) groups excluding carboxylic acids is 2. The van der Waals surface area contributed by atoms with E-state index < -0.39 is 52.0 Å². The van der Waals surface area contributed by atoms with Crippen LogP contribution in [0.3, 0.4) is 0 Å². The SMILES string of the molecule is Cc1sc2cc(C(=O)O[C@H]3CC[C@@]4(C)C(=CC[C@H]5[C@@H]6CC[C@H]([C@H](C)CCCC(C)C)[C@@]6(C)CC[C@@H]54)C3)ccc2c1C1=C(c2c(C)sc3cc(C(=O)O[C@H]4CC[C@@]5(C)C(=CC[C@H]6[C@@H]7CC[C@H]([C@H](C)CCCC(C)C)[C@@]7(C)CC[C@@H]65)C4)ccc23)C(F)(F)C(F)(F)C1(F)F. The van der Waals surface area contributed by atoms with Gasteiger partial charge in [0.2, 0.25) is 0 Å². The summed E-state index contributed by atoms with van der Waals surface area (Å²) in [5.74, 6) is -8.96. The first-order valence-electron chi connectivity index (χ1n) is 35.7. The Kier molecular flexibility index (Phi) is 17.1. The van der Waals surface area contributed by atoms with Crippen molar-refractivity contribution in [3.8, 4) is 0 Å². The van der Waals surface area contributed by atoms with E-state index in [9.17, 15) is 9.59 Å². The lowest BCUT2D eigenvalue weighted by molar-refractivity contribution is -0.254. The summed E-state index contributed by atoms with van der Waals surface area (Å²) in [4.78, 5) is 28.5. The highest BCUT2D eigenvalue weighted by atomic mass is 32.1. The summed E-state index contributed by atoms with van der Waals surface area (Å²) in [6.07, 6.45) is 29.2. The number of hydrogen-bond acceptors (Lipinski definition) is 6. The number of rotatable bonds is 16. The summed E-state index contributed by atoms with van der Waals surface area (Å²) in [7, 11) is 0. The van der Waals surface area contributed by atoms with Crippen molar-refractivity contribution in [2.75, 3.05) is 0 Å². The second-order valence-electron chi connectivity index (χ2n) is 33.1. The molecule has 4 aromatic rings. The van der Waals surface area contributed by atoms with E-state index in [4.69, 9.17) is 9.47 Å². The molecule has 0 radical (unpaired) electrons. The van der Waals surface area contributed by atoms with Gasteiger partial charge >= 0.3 is 29.7 Å². The molecule has 91 heavy (non-hydrogen) atoms. The Morgan fingerprint density at radius 2 is 0.912 bits per heavy atom. The zero-order valence-corrected chi connectivity index (χ0v) is 58.1. The minimum Gasteiger partial charge on any atom is -0.458 e. The van der Waals surface area contributed by atoms with Gasteiger partial charge in [0.1, 0.15) is 12.2 Å². The molecule has 4 nitrogen and oxygen atoms in total. The van der Waals surface area contributed by atoms with E-state index in [1.54, 1.807) is 0 Å². The van der Waals surface area contributed by atoms with Gasteiger partial charge in [0, 0.05) is 65.0 Å². The number of ether oxygens (including phenoxy) is 2. The van der Waals surface area contributed by atoms with Crippen LogP contribution in [0.2, 0.25) is 0 Å². The van der Waals surface area contributed by atoms with Crippen LogP contribution in [0.25, 0.3) is 31.3 Å². The Morgan fingerprint density at radius 1 is 0.516 bits per heavy atom. The van der Waals surface area contributed by atoms with Crippen molar-refractivity contribution in [2.45, 2.75) is 254 Å². The molecular formula is C79H102F6O4S2. The number of aryl methyl sites for hydroxylation is 2. The quantitative estimate of drug-likeness (QED) is 0.0637. The number of thiophene rings is 2. The summed E-state index contributed by atoms with van der Waals surface area (Å²) >= 11 is 2.00. The second-order valence-corrected chi connectivity index (χ2v) is 35.6. The van der Waals surface area contributed by atoms with Gasteiger partial charge < -0.3 is 9.47 Å². The first-order valence-corrected chi connectivity index (χ1v) is 37.3. The number of allylic oxidation sites excluding steroid dienone is 4. The Labute approximate surface area is 547 Å². The van der Waals surface area contributed by atoms with Crippen LogP contribution in [0.1, 0.15) is 252 Å². The molecule has 9 aliphatic carbocycles. The summed E-state index contributed by atoms with van der Waals surface area (Å²) in [6.45, 7) is 27.4. The minimum atomic E-state index is -5.78. The molecule has 0 spiro atoms. The molecule has 12 heteroatoms. The van der Waals surface area contributed by atoms with E-state index in [-0.39, 0.29) is 54.7 Å². The highest BCUT2D eigenvalue weighted by molar-refractivity contribution is 7.19. The Morgan fingerprint density at radius 3 is 1.30 bits per heavy atom. The molecule has 0 aliphatic heterocycles. The van der Waals surface area contributed by atoms with Crippen LogP contribution in [0.15, 0.2) is 59.7 Å². The molecule has 16 atom stereocenters. The number of hydrogen-bond donors (Lipinski definition) is 0. The third kappa shape index (κ3) is 10.6. The molecule has 0 saturated heterocycles. The number of carbonyl (C=O) groups is 2. The second kappa shape index (κ2) is 23.7. The fraction of sp³-hybridized carbons (Fsp3) is 0.696. The van der Waals surface area contributed by atoms with Crippen LogP contribution >= 0.6 is 22.7 Å². The van der Waals surface area contributed by atoms with Crippen molar-refractivity contribution in [3.63, 3.8) is 0 Å². The molecule has 496 valence electrons. The van der Waals surface area contributed by atoms with Crippen LogP contribution in [0.4, 0.5) is 26.3 Å². The van der Waals surface area contributed by atoms with Crippen LogP contribution < -0.4 is 0 Å². The van der Waals surface area contributed by atoms with Gasteiger partial charge in [-0.1, -0.05) is 143 Å². The van der Waals surface area contributed by atoms with Crippen molar-refractivity contribution >= 4 is 65.9 Å². The summed E-state index contributed by atoms with van der Waals surface area (Å²) < 4.78 is 112. The van der Waals surface area contributed by atoms with Gasteiger partial charge in [0.05, 0.1) is 11.1 Å². The molecule has 0 amide bonds. The van der Waals surface area contributed by atoms with Gasteiger partial charge in [-0.25, -0.2) is 9.59 Å². The molecule has 0 N–H and O–H groups in total. The highest BCUT2D eigenvalue weighted by Gasteiger charge is 2.81. The molecule has 6 fully saturated rings. The first-order chi connectivity index (χ1) is 42.9. The zero-order valence-electron chi connectivity index (χ0n) is 56.5. The number of alkyl halides is 6. The monoisotopic (exact) mass is 1290 g/mol. The fourth-order valence-electron chi connectivity index (χ4n) is 22.6. The van der Waals surface area contributed by atoms with Crippen LogP contribution in [-0.4, -0.2) is 41.9 Å². The zero-order chi connectivity index (χ0) is 64.9. The Bertz CT molecular complexity index is 3360. The van der Waals surface area contributed by atoms with Gasteiger partial charge in [-0.15, -0.1) is 22.7 Å². The topological polar surface area (TPSA) is 52.6 Å². The summed E-state index contributed by atoms with van der Waals surface area (Å²) in [6, 6.07) is 8.73. The molecule has 6 saturated carbocycles. The van der Waals surface area contributed by atoms with E-state index in [1.807, 2.05) is 0 Å². The maximum absolute atomic E-state index is 16.7. The maximum Gasteiger partial charge on any atom is 0.380 e. The van der Waals surface area contributed by atoms with Crippen molar-refractivity contribution in [3.05, 3.63) is 91.7 Å². The first kappa shape index (κ1) is 65.7. The van der Waals surface area contributed by atoms with E-state index in [2.05, 4.69) is 81.4 Å². The van der Waals surface area contributed by atoms with Gasteiger partial charge in [0.25, 0.3) is 0 Å². The Hall–Kier alpha value is -3.90. The van der Waals surface area contributed by atoms with E-state index in [1.165, 1.54) is 151 Å². The van der Waals surface area contributed by atoms with Crippen LogP contribution in [0.5, 0.6) is 0 Å². The third-order valence-corrected chi connectivity index (χ3v) is 29.6. The molecule has 2 aromatic heterocycles. The smallest absolute Gasteiger partial charge is 0.380 e. The van der Waals surface area contributed by atoms with Gasteiger partial charge in [-0.2, -0.15) is 26.3 Å². The highest BCUT2D eigenvalue weighted by Crippen LogP contribution is 2.71. The van der Waals surface area contributed by atoms with Crippen molar-refractivity contribution < 1.29 is 45.4 Å². The minimum absolute atomic E-state index is 0.0475. The van der Waals surface area contributed by atoms with Gasteiger partial charge in [-0.3, -0.25) is 0 Å². The number of fused-ring (bicyclic) bond motifs is 12. The maximum atomic E-state index is 16.7. The average Bonchev–Trinajstić information content (AvgIpc) is 1.57. The van der Waals surface area contributed by atoms with Crippen LogP contribution in [0, 0.1) is 107 Å². The number of esters is 2. The molecule has 0 bridgehead atoms. The van der Waals surface area contributed by atoms with Crippen molar-refractivity contribution in [2.24, 2.45) is 92.7 Å². The van der Waals surface area contributed by atoms with E-state index in [0.29, 0.717) is 56.7 Å². The van der Waals surface area contributed by atoms with Crippen molar-refractivity contribution in [1.82, 2.24) is 0 Å². The predicted molar refractivity (Wildman–Crippen MR) is 359 cm³/mol. The molecule has 0 unspecified atom stereocenters. The predicted octanol–water partition coefficient (Wildman–Crippen LogP) is 23.7. The number of benzene rings is 2. The van der Waals surface area contributed by atoms with E-state index in [0.717, 1.165) is 109 Å². The normalized spacial score (nSPS) is 36.1. The standard InChI is InChI=1S/C79H102F6O4S2/c1-43(2)15-13-17-45(5)59-27-29-61-55-25-21-51-41-53(31-35-73(51,9)63(55)33-37-75(59,61)11)88-71(86)49-19-23-57-65(39-49)90-47(7)67(57)69-70(78(82,83)79(84,85)77(69,80)81)68-48(8)91-66-40-50(20-24-58(66)68)72(87)89-54-32-36-74(10)52(42-54)22-26-56-62-30-28-60(46(6)18-14-16-44(3)4)76(62,12)38-34-64(56)74/h19-24,39-40,43-46,53-56,59-64H,13-18,25-38,41-42H2,1-12H3/t45-,46-,53+,54+,55+,56+,59-,60-,61+,62+,63+,64+,73+,74+,75-,76-/m1/s1. The molecule has 9 aliphatic rings. The molecule has 13 rings (SSSR count). The Balaban J connectivity index is 0.701. The van der Waals surface area contributed by atoms with Crippen LogP contribution in [-0.2, 0) is 9.47 Å². The lowest BCUT2D eigenvalue weighted by Crippen LogP contribution is -2.51. The average molecular weight is 1290 g/mol. The molecule has 2 heterocycles. The molecule has 2 aromatic carbocycles. The lowest BCUT2D eigenvalue weighted by atomic mass is 9.47. The van der Waals surface area contributed by atoms with E-state index >= 15 is 26.3 Å². The fourth-order valence-corrected chi connectivity index (χ4v) is 24.9. The molecular weight excluding hydrogens is 1190 g/mol.